The Hall–Kier alpha value is -1.51. The van der Waals surface area contributed by atoms with Crippen molar-refractivity contribution in [2.75, 3.05) is 13.1 Å². The minimum atomic E-state index is -0.509. The molecule has 3 heterocycles. The number of hydrogen-bond donors (Lipinski definition) is 2. The Labute approximate surface area is 130 Å². The number of halogens is 1. The van der Waals surface area contributed by atoms with Gasteiger partial charge in [0.25, 0.3) is 5.91 Å². The number of piperidine rings is 1. The number of amides is 1. The molecule has 1 fully saturated rings. The normalized spacial score (nSPS) is 19.8. The molecular weight excluding hydrogens is 312 g/mol. The quantitative estimate of drug-likeness (QED) is 0.884. The summed E-state index contributed by atoms with van der Waals surface area (Å²) in [6.45, 7) is 2.57. The largest absolute Gasteiger partial charge is 0.364 e. The van der Waals surface area contributed by atoms with E-state index in [4.69, 9.17) is 17.3 Å². The zero-order valence-electron chi connectivity index (χ0n) is 11.3. The fourth-order valence-electron chi connectivity index (χ4n) is 2.63. The van der Waals surface area contributed by atoms with E-state index in [1.807, 2.05) is 0 Å². The topological polar surface area (TPSA) is 101 Å². The summed E-state index contributed by atoms with van der Waals surface area (Å²) < 4.78 is 4.50. The Balaban J connectivity index is 1.67. The second-order valence-corrected chi connectivity index (χ2v) is 6.50. The molecule has 0 bridgehead atoms. The lowest BCUT2D eigenvalue weighted by atomic mass is 9.94. The molecule has 1 saturated heterocycles. The molecule has 1 aliphatic rings. The van der Waals surface area contributed by atoms with Gasteiger partial charge in [-0.15, -0.1) is 5.10 Å². The molecule has 1 aliphatic heterocycles. The van der Waals surface area contributed by atoms with E-state index in [-0.39, 0.29) is 5.69 Å². The second kappa shape index (κ2) is 6.08. The predicted octanol–water partition coefficient (Wildman–Crippen LogP) is 1.39. The van der Waals surface area contributed by atoms with E-state index in [1.165, 1.54) is 11.5 Å². The van der Waals surface area contributed by atoms with E-state index in [0.717, 1.165) is 37.3 Å². The minimum absolute atomic E-state index is 0.286. The van der Waals surface area contributed by atoms with Crippen molar-refractivity contribution in [2.45, 2.75) is 25.3 Å². The summed E-state index contributed by atoms with van der Waals surface area (Å²) in [4.78, 5) is 13.4. The van der Waals surface area contributed by atoms with Crippen molar-refractivity contribution < 1.29 is 4.79 Å². The smallest absolute Gasteiger partial charge is 0.269 e. The van der Waals surface area contributed by atoms with Crippen LogP contribution in [0.2, 0.25) is 4.34 Å². The highest BCUT2D eigenvalue weighted by atomic mass is 35.5. The van der Waals surface area contributed by atoms with Crippen LogP contribution in [-0.4, -0.2) is 43.7 Å². The number of carbonyl (C=O) groups excluding carboxylic acids is 1. The highest BCUT2D eigenvalue weighted by molar-refractivity contribution is 7.10. The van der Waals surface area contributed by atoms with Crippen molar-refractivity contribution in [1.82, 2.24) is 24.7 Å². The van der Waals surface area contributed by atoms with Crippen LogP contribution >= 0.6 is 23.1 Å². The average molecular weight is 327 g/mol. The van der Waals surface area contributed by atoms with Crippen LogP contribution in [0.15, 0.2) is 6.07 Å². The Kier molecular flexibility index (Phi) is 4.18. The van der Waals surface area contributed by atoms with Gasteiger partial charge in [0.05, 0.1) is 0 Å². The molecule has 0 unspecified atom stereocenters. The number of likely N-dealkylation sites (tertiary alicyclic amines) is 1. The molecular formula is C12H15ClN6OS. The molecule has 0 aromatic carbocycles. The lowest BCUT2D eigenvalue weighted by Crippen LogP contribution is -2.34. The lowest BCUT2D eigenvalue weighted by molar-refractivity contribution is 0.0995. The fraction of sp³-hybridized carbons (Fsp3) is 0.500. The first-order chi connectivity index (χ1) is 10.1. The standard InChI is InChI=1S/C12H15ClN6OS/c13-11-10(17-18-21-11)6-19-3-1-2-7(5-19)8-4-9(12(14)20)16-15-8/h4,7H,1-3,5-6H2,(H2,14,20)(H,15,16)/t7-/m1/s1. The van der Waals surface area contributed by atoms with Crippen molar-refractivity contribution >= 4 is 29.0 Å². The molecule has 0 aliphatic carbocycles. The van der Waals surface area contributed by atoms with Gasteiger partial charge in [0, 0.05) is 36.2 Å². The first-order valence-electron chi connectivity index (χ1n) is 6.67. The molecule has 0 spiro atoms. The van der Waals surface area contributed by atoms with Crippen molar-refractivity contribution in [2.24, 2.45) is 5.73 Å². The number of aromatic nitrogens is 4. The highest BCUT2D eigenvalue weighted by Gasteiger charge is 2.24. The third kappa shape index (κ3) is 3.22. The number of aromatic amines is 1. The van der Waals surface area contributed by atoms with Gasteiger partial charge in [-0.2, -0.15) is 5.10 Å². The van der Waals surface area contributed by atoms with Gasteiger partial charge in [-0.05, 0) is 25.5 Å². The SMILES string of the molecule is NC(=O)c1cc([C@@H]2CCCN(Cc3nnsc3Cl)C2)[nH]n1. The van der Waals surface area contributed by atoms with E-state index in [0.29, 0.717) is 16.8 Å². The van der Waals surface area contributed by atoms with E-state index in [2.05, 4.69) is 24.7 Å². The van der Waals surface area contributed by atoms with Gasteiger partial charge in [-0.25, -0.2) is 0 Å². The second-order valence-electron chi connectivity index (χ2n) is 5.14. The zero-order chi connectivity index (χ0) is 14.8. The van der Waals surface area contributed by atoms with Crippen LogP contribution in [0.3, 0.4) is 0 Å². The molecule has 1 amide bonds. The fourth-order valence-corrected chi connectivity index (χ4v) is 3.24. The summed E-state index contributed by atoms with van der Waals surface area (Å²) in [5.41, 5.74) is 7.29. The van der Waals surface area contributed by atoms with Gasteiger partial charge < -0.3 is 5.73 Å². The Morgan fingerprint density at radius 3 is 3.14 bits per heavy atom. The number of carbonyl (C=O) groups is 1. The lowest BCUT2D eigenvalue weighted by Gasteiger charge is -2.31. The van der Waals surface area contributed by atoms with Crippen LogP contribution in [0.4, 0.5) is 0 Å². The summed E-state index contributed by atoms with van der Waals surface area (Å²) in [6, 6.07) is 1.74. The van der Waals surface area contributed by atoms with Crippen molar-refractivity contribution in [3.05, 3.63) is 27.5 Å². The predicted molar refractivity (Wildman–Crippen MR) is 79.3 cm³/mol. The van der Waals surface area contributed by atoms with Crippen LogP contribution in [0, 0.1) is 0 Å². The molecule has 3 rings (SSSR count). The van der Waals surface area contributed by atoms with Gasteiger partial charge >= 0.3 is 0 Å². The molecule has 0 saturated carbocycles. The van der Waals surface area contributed by atoms with E-state index < -0.39 is 5.91 Å². The van der Waals surface area contributed by atoms with Crippen LogP contribution in [0.5, 0.6) is 0 Å². The highest BCUT2D eigenvalue weighted by Crippen LogP contribution is 2.28. The summed E-state index contributed by atoms with van der Waals surface area (Å²) in [5.74, 6) is -0.199. The van der Waals surface area contributed by atoms with Gasteiger partial charge in [-0.1, -0.05) is 16.1 Å². The Morgan fingerprint density at radius 1 is 1.62 bits per heavy atom. The summed E-state index contributed by atoms with van der Waals surface area (Å²) in [6.07, 6.45) is 2.13. The molecule has 112 valence electrons. The first kappa shape index (κ1) is 14.4. The van der Waals surface area contributed by atoms with Crippen molar-refractivity contribution in [3.8, 4) is 0 Å². The number of nitrogens with one attached hydrogen (secondary N) is 1. The third-order valence-corrected chi connectivity index (χ3v) is 4.66. The van der Waals surface area contributed by atoms with Crippen LogP contribution in [0.1, 0.15) is 40.6 Å². The average Bonchev–Trinajstić information content (AvgIpc) is 3.09. The molecule has 3 N–H and O–H groups in total. The molecule has 9 heteroatoms. The summed E-state index contributed by atoms with van der Waals surface area (Å²) >= 11 is 7.26. The third-order valence-electron chi connectivity index (χ3n) is 3.68. The van der Waals surface area contributed by atoms with Gasteiger partial charge in [0.2, 0.25) is 0 Å². The number of primary amides is 1. The monoisotopic (exact) mass is 326 g/mol. The number of hydrogen-bond acceptors (Lipinski definition) is 6. The summed E-state index contributed by atoms with van der Waals surface area (Å²) in [5, 5.41) is 10.9. The van der Waals surface area contributed by atoms with Crippen LogP contribution < -0.4 is 5.73 Å². The zero-order valence-corrected chi connectivity index (χ0v) is 12.8. The van der Waals surface area contributed by atoms with Gasteiger partial charge in [0.15, 0.2) is 0 Å². The molecule has 1 atom stereocenters. The molecule has 2 aromatic heterocycles. The van der Waals surface area contributed by atoms with Crippen molar-refractivity contribution in [1.29, 1.82) is 0 Å². The molecule has 21 heavy (non-hydrogen) atoms. The van der Waals surface area contributed by atoms with Crippen molar-refractivity contribution in [3.63, 3.8) is 0 Å². The van der Waals surface area contributed by atoms with Gasteiger partial charge in [-0.3, -0.25) is 14.8 Å². The van der Waals surface area contributed by atoms with Crippen LogP contribution in [-0.2, 0) is 6.54 Å². The maximum Gasteiger partial charge on any atom is 0.269 e. The first-order valence-corrected chi connectivity index (χ1v) is 7.83. The van der Waals surface area contributed by atoms with E-state index >= 15 is 0 Å². The maximum absolute atomic E-state index is 11.1. The number of H-pyrrole nitrogens is 1. The van der Waals surface area contributed by atoms with Gasteiger partial charge in [0.1, 0.15) is 15.7 Å². The summed E-state index contributed by atoms with van der Waals surface area (Å²) in [7, 11) is 0. The van der Waals surface area contributed by atoms with E-state index in [1.54, 1.807) is 6.07 Å². The molecule has 0 radical (unpaired) electrons. The van der Waals surface area contributed by atoms with E-state index in [9.17, 15) is 4.79 Å². The molecule has 7 nitrogen and oxygen atoms in total. The van der Waals surface area contributed by atoms with Crippen LogP contribution in [0.25, 0.3) is 0 Å². The number of nitrogens with zero attached hydrogens (tertiary/aromatic N) is 4. The Morgan fingerprint density at radius 2 is 2.48 bits per heavy atom. The maximum atomic E-state index is 11.1. The number of nitrogens with two attached hydrogens (primary N) is 1. The number of rotatable bonds is 4. The Bertz CT molecular complexity index is 641. The minimum Gasteiger partial charge on any atom is -0.364 e. The molecule has 2 aromatic rings.